The number of ether oxygens (including phenoxy) is 1. The summed E-state index contributed by atoms with van der Waals surface area (Å²) < 4.78 is 5.54. The van der Waals surface area contributed by atoms with E-state index in [1.165, 1.54) is 7.11 Å². The molecule has 1 rings (SSSR count). The predicted molar refractivity (Wildman–Crippen MR) is 54.2 cm³/mol. The van der Waals surface area contributed by atoms with E-state index < -0.39 is 0 Å². The van der Waals surface area contributed by atoms with E-state index in [9.17, 15) is 4.79 Å². The minimum Gasteiger partial charge on any atom is -0.469 e. The molecule has 0 aliphatic carbocycles. The number of hydrogen-bond donors (Lipinski definition) is 0. The molecule has 0 spiro atoms. The Hall–Kier alpha value is -0.550. The van der Waals surface area contributed by atoms with Gasteiger partial charge in [0.15, 0.2) is 0 Å². The molecule has 72 valence electrons. The quantitative estimate of drug-likeness (QED) is 0.572. The largest absolute Gasteiger partial charge is 0.469 e. The lowest BCUT2D eigenvalue weighted by Crippen LogP contribution is -2.00. The van der Waals surface area contributed by atoms with Gasteiger partial charge in [0.2, 0.25) is 0 Å². The summed E-state index contributed by atoms with van der Waals surface area (Å²) >= 11 is 3.20. The Balaban J connectivity index is 2.24. The van der Waals surface area contributed by atoms with Crippen molar-refractivity contribution in [1.82, 2.24) is 4.98 Å². The summed E-state index contributed by atoms with van der Waals surface area (Å²) in [6.45, 7) is 1.96. The van der Waals surface area contributed by atoms with Crippen molar-refractivity contribution < 1.29 is 9.53 Å². The smallest absolute Gasteiger partial charge is 0.306 e. The summed E-state index contributed by atoms with van der Waals surface area (Å²) in [5.41, 5.74) is 1.03. The summed E-state index contributed by atoms with van der Waals surface area (Å²) in [4.78, 5) is 15.0. The van der Waals surface area contributed by atoms with Crippen molar-refractivity contribution in [1.29, 1.82) is 0 Å². The van der Waals surface area contributed by atoms with Crippen molar-refractivity contribution in [2.45, 2.75) is 17.7 Å². The van der Waals surface area contributed by atoms with Gasteiger partial charge >= 0.3 is 5.97 Å². The minimum atomic E-state index is -0.166. The Bertz CT molecular complexity index is 285. The maximum absolute atomic E-state index is 10.8. The minimum absolute atomic E-state index is 0.166. The van der Waals surface area contributed by atoms with E-state index in [-0.39, 0.29) is 5.97 Å². The fraction of sp³-hybridized carbons (Fsp3) is 0.500. The molecule has 0 atom stereocenters. The summed E-state index contributed by atoms with van der Waals surface area (Å²) in [6.07, 6.45) is 0.444. The highest BCUT2D eigenvalue weighted by Crippen LogP contribution is 2.22. The molecule has 0 fully saturated rings. The lowest BCUT2D eigenvalue weighted by Gasteiger charge is -1.96. The Morgan fingerprint density at radius 2 is 2.54 bits per heavy atom. The first-order chi connectivity index (χ1) is 6.22. The number of carbonyl (C=O) groups is 1. The highest BCUT2D eigenvalue weighted by molar-refractivity contribution is 8.01. The van der Waals surface area contributed by atoms with E-state index in [4.69, 9.17) is 0 Å². The van der Waals surface area contributed by atoms with Crippen LogP contribution >= 0.6 is 23.1 Å². The van der Waals surface area contributed by atoms with Crippen molar-refractivity contribution >= 4 is 29.1 Å². The highest BCUT2D eigenvalue weighted by atomic mass is 32.2. The zero-order valence-electron chi connectivity index (χ0n) is 7.57. The summed E-state index contributed by atoms with van der Waals surface area (Å²) in [7, 11) is 1.40. The van der Waals surface area contributed by atoms with Crippen LogP contribution < -0.4 is 0 Å². The number of thiazole rings is 1. The first-order valence-electron chi connectivity index (χ1n) is 3.84. The maximum atomic E-state index is 10.8. The molecule has 0 bridgehead atoms. The molecule has 0 aliphatic heterocycles. The molecule has 0 aromatic carbocycles. The zero-order valence-corrected chi connectivity index (χ0v) is 9.20. The van der Waals surface area contributed by atoms with Crippen molar-refractivity contribution in [2.75, 3.05) is 12.9 Å². The average molecular weight is 217 g/mol. The van der Waals surface area contributed by atoms with E-state index >= 15 is 0 Å². The van der Waals surface area contributed by atoms with Crippen molar-refractivity contribution in [3.63, 3.8) is 0 Å². The van der Waals surface area contributed by atoms with E-state index in [1.807, 2.05) is 12.3 Å². The van der Waals surface area contributed by atoms with Crippen LogP contribution in [0, 0.1) is 6.92 Å². The van der Waals surface area contributed by atoms with E-state index in [0.29, 0.717) is 6.42 Å². The fourth-order valence-electron chi connectivity index (χ4n) is 0.722. The lowest BCUT2D eigenvalue weighted by atomic mass is 10.5. The average Bonchev–Trinajstić information content (AvgIpc) is 2.51. The van der Waals surface area contributed by atoms with Crippen LogP contribution in [0.25, 0.3) is 0 Å². The fourth-order valence-corrected chi connectivity index (χ4v) is 2.56. The Kier molecular flexibility index (Phi) is 4.24. The van der Waals surface area contributed by atoms with Crippen molar-refractivity contribution in [3.05, 3.63) is 11.1 Å². The number of aryl methyl sites for hydroxylation is 1. The lowest BCUT2D eigenvalue weighted by molar-refractivity contribution is -0.140. The molecule has 0 saturated heterocycles. The van der Waals surface area contributed by atoms with E-state index in [0.717, 1.165) is 15.8 Å². The Labute approximate surface area is 85.5 Å². The highest BCUT2D eigenvalue weighted by Gasteiger charge is 2.02. The van der Waals surface area contributed by atoms with Crippen LogP contribution in [0.2, 0.25) is 0 Å². The van der Waals surface area contributed by atoms with Crippen LogP contribution in [0.3, 0.4) is 0 Å². The van der Waals surface area contributed by atoms with Gasteiger partial charge in [-0.05, 0) is 6.92 Å². The number of hydrogen-bond acceptors (Lipinski definition) is 5. The van der Waals surface area contributed by atoms with Crippen LogP contribution in [0.4, 0.5) is 0 Å². The second kappa shape index (κ2) is 5.24. The van der Waals surface area contributed by atoms with E-state index in [2.05, 4.69) is 9.72 Å². The predicted octanol–water partition coefficient (Wildman–Crippen LogP) is 2.11. The molecule has 0 aliphatic rings. The van der Waals surface area contributed by atoms with Gasteiger partial charge in [-0.3, -0.25) is 4.79 Å². The van der Waals surface area contributed by atoms with Crippen LogP contribution in [-0.2, 0) is 9.53 Å². The molecule has 5 heteroatoms. The van der Waals surface area contributed by atoms with Gasteiger partial charge in [0, 0.05) is 16.8 Å². The third kappa shape index (κ3) is 3.78. The van der Waals surface area contributed by atoms with Crippen LogP contribution in [0.5, 0.6) is 0 Å². The number of aromatic nitrogens is 1. The van der Waals surface area contributed by atoms with Crippen LogP contribution in [0.1, 0.15) is 12.1 Å². The third-order valence-corrected chi connectivity index (χ3v) is 3.50. The van der Waals surface area contributed by atoms with Gasteiger partial charge < -0.3 is 4.74 Å². The summed E-state index contributed by atoms with van der Waals surface area (Å²) in [5.74, 6) is 0.570. The molecule has 0 N–H and O–H groups in total. The van der Waals surface area contributed by atoms with Crippen molar-refractivity contribution in [3.8, 4) is 0 Å². The molecule has 0 saturated carbocycles. The van der Waals surface area contributed by atoms with Gasteiger partial charge in [-0.15, -0.1) is 11.3 Å². The van der Waals surface area contributed by atoms with Gasteiger partial charge in [-0.2, -0.15) is 0 Å². The molecular weight excluding hydrogens is 206 g/mol. The number of methoxy groups -OCH3 is 1. The van der Waals surface area contributed by atoms with Gasteiger partial charge in [-0.25, -0.2) is 4.98 Å². The molecule has 1 aromatic rings. The normalized spacial score (nSPS) is 10.0. The van der Waals surface area contributed by atoms with Crippen LogP contribution in [-0.4, -0.2) is 23.8 Å². The van der Waals surface area contributed by atoms with E-state index in [1.54, 1.807) is 23.1 Å². The topological polar surface area (TPSA) is 39.2 Å². The monoisotopic (exact) mass is 217 g/mol. The molecule has 1 aromatic heterocycles. The zero-order chi connectivity index (χ0) is 9.68. The van der Waals surface area contributed by atoms with Crippen LogP contribution in [0.15, 0.2) is 9.72 Å². The number of carbonyl (C=O) groups excluding carboxylic acids is 1. The Morgan fingerprint density at radius 1 is 1.77 bits per heavy atom. The molecule has 3 nitrogen and oxygen atoms in total. The third-order valence-electron chi connectivity index (χ3n) is 1.36. The standard InChI is InChI=1S/C8H11NO2S2/c1-6-5-13-8(9-6)12-4-3-7(10)11-2/h5H,3-4H2,1-2H3. The SMILES string of the molecule is COC(=O)CCSc1nc(C)cs1. The summed E-state index contributed by atoms with van der Waals surface area (Å²) in [6, 6.07) is 0. The molecule has 0 radical (unpaired) electrons. The molecule has 13 heavy (non-hydrogen) atoms. The Morgan fingerprint density at radius 3 is 3.08 bits per heavy atom. The second-order valence-electron chi connectivity index (χ2n) is 2.43. The first kappa shape index (κ1) is 10.5. The van der Waals surface area contributed by atoms with Gasteiger partial charge in [-0.1, -0.05) is 11.8 Å². The van der Waals surface area contributed by atoms with Gasteiger partial charge in [0.25, 0.3) is 0 Å². The molecule has 1 heterocycles. The first-order valence-corrected chi connectivity index (χ1v) is 5.70. The molecule has 0 amide bonds. The van der Waals surface area contributed by atoms with Gasteiger partial charge in [0.1, 0.15) is 4.34 Å². The number of thioether (sulfide) groups is 1. The molecule has 0 unspecified atom stereocenters. The summed E-state index contributed by atoms with van der Waals surface area (Å²) in [5, 5.41) is 2.00. The number of nitrogens with zero attached hydrogens (tertiary/aromatic N) is 1. The van der Waals surface area contributed by atoms with Gasteiger partial charge in [0.05, 0.1) is 13.5 Å². The number of esters is 1. The molecular formula is C8H11NO2S2. The maximum Gasteiger partial charge on any atom is 0.306 e. The number of rotatable bonds is 4. The second-order valence-corrected chi connectivity index (χ2v) is 4.63. The van der Waals surface area contributed by atoms with Crippen molar-refractivity contribution in [2.24, 2.45) is 0 Å².